The number of fused-ring (bicyclic) bond motifs is 1. The van der Waals surface area contributed by atoms with E-state index in [9.17, 15) is 26.7 Å². The van der Waals surface area contributed by atoms with E-state index in [0.717, 1.165) is 42.9 Å². The third kappa shape index (κ3) is 9.98. The van der Waals surface area contributed by atoms with Crippen molar-refractivity contribution in [1.29, 1.82) is 0 Å². The van der Waals surface area contributed by atoms with Crippen LogP contribution in [-0.4, -0.2) is 46.7 Å². The maximum Gasteiger partial charge on any atom is 0.210 e. The zero-order chi connectivity index (χ0) is 45.0. The Hall–Kier alpha value is -5.72. The van der Waals surface area contributed by atoms with Crippen LogP contribution in [0.25, 0.3) is 0 Å². The van der Waals surface area contributed by atoms with E-state index < -0.39 is 41.0 Å². The number of carbonyl (C=O) groups excluding carboxylic acids is 1. The van der Waals surface area contributed by atoms with Crippen LogP contribution in [0, 0.1) is 0 Å². The summed E-state index contributed by atoms with van der Waals surface area (Å²) in [5.41, 5.74) is 1.38. The summed E-state index contributed by atoms with van der Waals surface area (Å²) in [5, 5.41) is 15.4. The van der Waals surface area contributed by atoms with Crippen LogP contribution in [0.4, 0.5) is 17.1 Å². The molecule has 12 heteroatoms. The number of Topliss-reactive ketones (excluding diaryl/α,β-unsaturated/α-hetero) is 1. The molecular weight excluding hydrogens is 821 g/mol. The third-order valence-electron chi connectivity index (χ3n) is 10.6. The summed E-state index contributed by atoms with van der Waals surface area (Å²) in [5.74, 6) is -0.492. The number of unbranched alkanes of at least 4 members (excludes halogenated alkanes) is 2. The second kappa shape index (κ2) is 18.3. The number of sulfone groups is 2. The monoisotopic (exact) mass is 876 g/mol. The topological polar surface area (TPSA) is 148 Å². The lowest BCUT2D eigenvalue weighted by Gasteiger charge is -2.25. The average molecular weight is 877 g/mol. The highest BCUT2D eigenvalue weighted by molar-refractivity contribution is 7.96. The molecule has 0 atom stereocenters. The highest BCUT2D eigenvalue weighted by atomic mass is 32.2. The molecule has 0 fully saturated rings. The first kappa shape index (κ1) is 45.8. The van der Waals surface area contributed by atoms with Crippen molar-refractivity contribution in [3.8, 4) is 17.2 Å². The van der Waals surface area contributed by atoms with Crippen molar-refractivity contribution in [2.45, 2.75) is 107 Å². The largest absolute Gasteiger partial charge is 0.506 e. The summed E-state index contributed by atoms with van der Waals surface area (Å²) in [6.07, 6.45) is 4.78. The third-order valence-corrected chi connectivity index (χ3v) is 14.2. The molecular formula is C50H56N2O8S2. The van der Waals surface area contributed by atoms with Gasteiger partial charge in [0.1, 0.15) is 27.0 Å². The quantitative estimate of drug-likeness (QED) is 0.0774. The SMILES string of the molecule is CCCCOc1ccc(N=C2C=C(S(=O)(=O)c3ccc(C(C)(C)C)cc3)C(=O)c3c(Nc4ccc(OCCCC)cc4)cc(S(=O)(=O)c4ccc(C(C)(C)C)cc4)c(O)c32)cc1. The van der Waals surface area contributed by atoms with Crippen molar-refractivity contribution < 1.29 is 36.2 Å². The molecule has 0 heterocycles. The molecule has 0 spiro atoms. The van der Waals surface area contributed by atoms with Gasteiger partial charge in [0, 0.05) is 5.69 Å². The number of hydrogen-bond donors (Lipinski definition) is 2. The number of ether oxygens (including phenoxy) is 2. The van der Waals surface area contributed by atoms with Crippen LogP contribution in [-0.2, 0) is 30.5 Å². The van der Waals surface area contributed by atoms with Gasteiger partial charge in [-0.2, -0.15) is 0 Å². The molecule has 6 rings (SSSR count). The van der Waals surface area contributed by atoms with E-state index in [1.54, 1.807) is 72.8 Å². The molecule has 62 heavy (non-hydrogen) atoms. The van der Waals surface area contributed by atoms with Crippen LogP contribution in [0.15, 0.2) is 134 Å². The van der Waals surface area contributed by atoms with Gasteiger partial charge in [-0.15, -0.1) is 0 Å². The second-order valence-corrected chi connectivity index (χ2v) is 21.3. The minimum absolute atomic E-state index is 0.0522. The van der Waals surface area contributed by atoms with Crippen LogP contribution in [0.3, 0.4) is 0 Å². The smallest absolute Gasteiger partial charge is 0.210 e. The van der Waals surface area contributed by atoms with Gasteiger partial charge in [-0.05, 0) is 120 Å². The fourth-order valence-corrected chi connectivity index (χ4v) is 9.59. The summed E-state index contributed by atoms with van der Waals surface area (Å²) < 4.78 is 70.1. The Morgan fingerprint density at radius 3 is 1.56 bits per heavy atom. The minimum atomic E-state index is -4.51. The molecule has 10 nitrogen and oxygen atoms in total. The number of hydrogen-bond acceptors (Lipinski definition) is 10. The van der Waals surface area contributed by atoms with Gasteiger partial charge in [-0.1, -0.05) is 92.5 Å². The highest BCUT2D eigenvalue weighted by Crippen LogP contribution is 2.44. The van der Waals surface area contributed by atoms with Crippen LogP contribution < -0.4 is 14.8 Å². The average Bonchev–Trinajstić information content (AvgIpc) is 3.23. The number of benzene rings is 5. The van der Waals surface area contributed by atoms with Gasteiger partial charge >= 0.3 is 0 Å². The summed E-state index contributed by atoms with van der Waals surface area (Å²) in [6.45, 7) is 17.3. The number of carbonyl (C=O) groups is 1. The molecule has 5 aromatic rings. The molecule has 0 aromatic heterocycles. The summed E-state index contributed by atoms with van der Waals surface area (Å²) in [6, 6.07) is 27.6. The molecule has 2 N–H and O–H groups in total. The van der Waals surface area contributed by atoms with Gasteiger partial charge in [-0.25, -0.2) is 21.8 Å². The first-order chi connectivity index (χ1) is 29.2. The molecule has 0 amide bonds. The fraction of sp³-hybridized carbons (Fsp3) is 0.320. The van der Waals surface area contributed by atoms with E-state index in [1.807, 2.05) is 41.5 Å². The van der Waals surface area contributed by atoms with E-state index in [-0.39, 0.29) is 43.1 Å². The first-order valence-corrected chi connectivity index (χ1v) is 23.9. The number of anilines is 2. The van der Waals surface area contributed by atoms with Gasteiger partial charge in [0.05, 0.1) is 51.2 Å². The standard InChI is InChI=1S/C50H56N2O8S2/c1-9-11-29-59-37-21-17-35(18-22-37)51-41-31-43(61(55,56)39-25-13-33(14-26-39)49(3,4)5)48(54)46-42(52-36-19-23-38(24-20-36)60-30-12-10-2)32-44(47(53)45(41)46)62(57,58)40-27-15-34(16-28-40)50(6,7)8/h13-28,31-32,51,54H,9-12,29-30H2,1-8H3. The molecule has 0 aliphatic heterocycles. The lowest BCUT2D eigenvalue weighted by atomic mass is 9.87. The van der Waals surface area contributed by atoms with Crippen molar-refractivity contribution in [3.05, 3.63) is 136 Å². The molecule has 0 saturated carbocycles. The predicted molar refractivity (Wildman–Crippen MR) is 247 cm³/mol. The van der Waals surface area contributed by atoms with E-state index in [4.69, 9.17) is 14.5 Å². The Morgan fingerprint density at radius 1 is 0.629 bits per heavy atom. The second-order valence-electron chi connectivity index (χ2n) is 17.5. The Labute approximate surface area is 366 Å². The number of aliphatic imine (C=N–C) groups is 1. The molecule has 1 aliphatic rings. The van der Waals surface area contributed by atoms with Crippen LogP contribution in [0.1, 0.15) is 108 Å². The maximum absolute atomic E-state index is 14.9. The lowest BCUT2D eigenvalue weighted by molar-refractivity contribution is 0.104. The molecule has 1 aliphatic carbocycles. The number of rotatable bonds is 15. The van der Waals surface area contributed by atoms with Crippen LogP contribution in [0.5, 0.6) is 17.2 Å². The Kier molecular flexibility index (Phi) is 13.5. The molecule has 0 unspecified atom stereocenters. The number of ketones is 1. The van der Waals surface area contributed by atoms with Gasteiger partial charge < -0.3 is 19.9 Å². The van der Waals surface area contributed by atoms with Crippen molar-refractivity contribution >= 4 is 48.2 Å². The zero-order valence-corrected chi connectivity index (χ0v) is 38.3. The number of phenolic OH excluding ortho intramolecular Hbond substituents is 1. The first-order valence-electron chi connectivity index (χ1n) is 20.9. The van der Waals surface area contributed by atoms with E-state index >= 15 is 0 Å². The van der Waals surface area contributed by atoms with Crippen molar-refractivity contribution in [3.63, 3.8) is 0 Å². The molecule has 326 valence electrons. The Balaban J connectivity index is 1.59. The van der Waals surface area contributed by atoms with E-state index in [1.165, 1.54) is 30.3 Å². The van der Waals surface area contributed by atoms with Gasteiger partial charge in [-0.3, -0.25) is 4.79 Å². The van der Waals surface area contributed by atoms with E-state index in [2.05, 4.69) is 19.2 Å². The zero-order valence-electron chi connectivity index (χ0n) is 36.7. The molecule has 0 bridgehead atoms. The lowest BCUT2D eigenvalue weighted by Crippen LogP contribution is -2.25. The van der Waals surface area contributed by atoms with Gasteiger partial charge in [0.15, 0.2) is 0 Å². The van der Waals surface area contributed by atoms with Crippen molar-refractivity contribution in [2.75, 3.05) is 18.5 Å². The summed E-state index contributed by atoms with van der Waals surface area (Å²) in [7, 11) is -8.97. The van der Waals surface area contributed by atoms with Crippen molar-refractivity contribution in [1.82, 2.24) is 0 Å². The summed E-state index contributed by atoms with van der Waals surface area (Å²) in [4.78, 5) is 18.4. The minimum Gasteiger partial charge on any atom is -0.506 e. The summed E-state index contributed by atoms with van der Waals surface area (Å²) >= 11 is 0. The molecule has 0 saturated heterocycles. The Morgan fingerprint density at radius 2 is 1.10 bits per heavy atom. The number of nitrogens with zero attached hydrogens (tertiary/aromatic N) is 1. The number of nitrogens with one attached hydrogen (secondary N) is 1. The van der Waals surface area contributed by atoms with Crippen LogP contribution in [0.2, 0.25) is 0 Å². The number of aromatic hydroxyl groups is 1. The van der Waals surface area contributed by atoms with Gasteiger partial charge in [0.2, 0.25) is 25.5 Å². The molecule has 5 aromatic carbocycles. The fourth-order valence-electron chi connectivity index (χ4n) is 6.85. The number of phenols is 1. The van der Waals surface area contributed by atoms with Crippen LogP contribution >= 0.6 is 0 Å². The maximum atomic E-state index is 14.9. The van der Waals surface area contributed by atoms with Crippen molar-refractivity contribution in [2.24, 2.45) is 4.99 Å². The number of allylic oxidation sites excluding steroid dienone is 2. The highest BCUT2D eigenvalue weighted by Gasteiger charge is 2.40. The Bertz CT molecular complexity index is 2710. The molecule has 0 radical (unpaired) electrons. The van der Waals surface area contributed by atoms with Gasteiger partial charge in [0.25, 0.3) is 0 Å². The normalized spacial score (nSPS) is 14.0. The van der Waals surface area contributed by atoms with E-state index in [0.29, 0.717) is 36.1 Å². The predicted octanol–water partition coefficient (Wildman–Crippen LogP) is 11.6.